The van der Waals surface area contributed by atoms with E-state index in [1.54, 1.807) is 0 Å². The second kappa shape index (κ2) is 6.34. The lowest BCUT2D eigenvalue weighted by Crippen LogP contribution is -2.52. The number of unbranched alkanes of at least 4 members (excludes halogenated alkanes) is 1. The highest BCUT2D eigenvalue weighted by Crippen LogP contribution is 2.11. The lowest BCUT2D eigenvalue weighted by molar-refractivity contribution is -0.149. The van der Waals surface area contributed by atoms with Crippen LogP contribution in [0.25, 0.3) is 0 Å². The van der Waals surface area contributed by atoms with Crippen LogP contribution in [-0.2, 0) is 14.4 Å². The maximum Gasteiger partial charge on any atom is 0.251 e. The summed E-state index contributed by atoms with van der Waals surface area (Å²) in [4.78, 5) is 35.5. The highest BCUT2D eigenvalue weighted by molar-refractivity contribution is 6.01. The Bertz CT molecular complexity index is 317. The molecule has 0 aromatic rings. The Hall–Kier alpha value is -1.43. The number of nitrogens with zero attached hydrogens (tertiary/aromatic N) is 1. The molecule has 1 saturated heterocycles. The summed E-state index contributed by atoms with van der Waals surface area (Å²) in [5.41, 5.74) is 5.32. The van der Waals surface area contributed by atoms with Crippen molar-refractivity contribution >= 4 is 17.7 Å². The number of likely N-dealkylation sites (tertiary alicyclic amines) is 1. The van der Waals surface area contributed by atoms with Crippen molar-refractivity contribution in [2.75, 3.05) is 13.6 Å². The summed E-state index contributed by atoms with van der Waals surface area (Å²) in [5, 5.41) is 2.66. The minimum Gasteiger partial charge on any atom is -0.344 e. The molecule has 1 unspecified atom stereocenters. The molecule has 0 bridgehead atoms. The van der Waals surface area contributed by atoms with Crippen molar-refractivity contribution in [3.8, 4) is 0 Å². The third-order valence-corrected chi connectivity index (χ3v) is 2.84. The number of carbonyl (C=O) groups is 3. The van der Waals surface area contributed by atoms with Crippen LogP contribution in [0.15, 0.2) is 0 Å². The van der Waals surface area contributed by atoms with Gasteiger partial charge >= 0.3 is 0 Å². The zero-order valence-corrected chi connectivity index (χ0v) is 10.1. The van der Waals surface area contributed by atoms with Gasteiger partial charge in [0.1, 0.15) is 6.04 Å². The summed E-state index contributed by atoms with van der Waals surface area (Å²) in [6, 6.07) is -0.553. The summed E-state index contributed by atoms with van der Waals surface area (Å²) in [5.74, 6) is -0.670. The summed E-state index contributed by atoms with van der Waals surface area (Å²) >= 11 is 0. The predicted molar refractivity (Wildman–Crippen MR) is 61.8 cm³/mol. The van der Waals surface area contributed by atoms with Crippen LogP contribution in [0.5, 0.6) is 0 Å². The fourth-order valence-electron chi connectivity index (χ4n) is 1.75. The van der Waals surface area contributed by atoms with Gasteiger partial charge in [0.2, 0.25) is 11.8 Å². The van der Waals surface area contributed by atoms with Crippen LogP contribution < -0.4 is 11.1 Å². The number of nitrogens with one attached hydrogen (secondary N) is 1. The van der Waals surface area contributed by atoms with Crippen LogP contribution in [0.1, 0.15) is 32.1 Å². The number of hydrogen-bond acceptors (Lipinski definition) is 4. The molecule has 0 aromatic heterocycles. The van der Waals surface area contributed by atoms with Gasteiger partial charge in [-0.05, 0) is 25.8 Å². The molecule has 0 radical (unpaired) electrons. The van der Waals surface area contributed by atoms with Gasteiger partial charge in [-0.1, -0.05) is 0 Å². The van der Waals surface area contributed by atoms with Crippen molar-refractivity contribution in [3.05, 3.63) is 0 Å². The predicted octanol–water partition coefficient (Wildman–Crippen LogP) is -0.621. The van der Waals surface area contributed by atoms with Crippen molar-refractivity contribution in [1.29, 1.82) is 0 Å². The zero-order chi connectivity index (χ0) is 12.8. The number of amides is 3. The molecule has 0 spiro atoms. The number of carbonyl (C=O) groups excluding carboxylic acids is 3. The number of likely N-dealkylation sites (N-methyl/N-ethyl adjacent to an activating group) is 1. The molecule has 6 nitrogen and oxygen atoms in total. The van der Waals surface area contributed by atoms with E-state index in [9.17, 15) is 14.4 Å². The third kappa shape index (κ3) is 3.81. The van der Waals surface area contributed by atoms with Crippen LogP contribution in [-0.4, -0.2) is 42.3 Å². The van der Waals surface area contributed by atoms with Gasteiger partial charge in [-0.2, -0.15) is 0 Å². The average Bonchev–Trinajstić information content (AvgIpc) is 2.30. The van der Waals surface area contributed by atoms with Crippen molar-refractivity contribution < 1.29 is 14.4 Å². The van der Waals surface area contributed by atoms with E-state index in [1.807, 2.05) is 0 Å². The van der Waals surface area contributed by atoms with E-state index >= 15 is 0 Å². The summed E-state index contributed by atoms with van der Waals surface area (Å²) in [6.07, 6.45) is 2.59. The highest BCUT2D eigenvalue weighted by Gasteiger charge is 2.32. The van der Waals surface area contributed by atoms with Gasteiger partial charge in [-0.3, -0.25) is 19.3 Å². The summed E-state index contributed by atoms with van der Waals surface area (Å²) in [7, 11) is 1.44. The fourth-order valence-corrected chi connectivity index (χ4v) is 1.75. The Balaban J connectivity index is 2.38. The minimum absolute atomic E-state index is 0.153. The fraction of sp³-hybridized carbons (Fsp3) is 0.727. The Kier molecular flexibility index (Phi) is 5.09. The molecule has 1 heterocycles. The first-order valence-corrected chi connectivity index (χ1v) is 5.86. The first-order chi connectivity index (χ1) is 8.06. The maximum atomic E-state index is 11.7. The van der Waals surface area contributed by atoms with Gasteiger partial charge in [-0.25, -0.2) is 0 Å². The van der Waals surface area contributed by atoms with Crippen molar-refractivity contribution in [3.63, 3.8) is 0 Å². The molecule has 0 aromatic carbocycles. The molecule has 6 heteroatoms. The first kappa shape index (κ1) is 13.6. The number of hydrogen-bond donors (Lipinski definition) is 2. The molecule has 1 fully saturated rings. The van der Waals surface area contributed by atoms with Crippen molar-refractivity contribution in [2.45, 2.75) is 38.1 Å². The molecule has 1 atom stereocenters. The Morgan fingerprint density at radius 1 is 1.47 bits per heavy atom. The molecule has 1 aliphatic rings. The van der Waals surface area contributed by atoms with Gasteiger partial charge in [0.05, 0.1) is 0 Å². The molecule has 17 heavy (non-hydrogen) atoms. The Morgan fingerprint density at radius 2 is 2.18 bits per heavy atom. The van der Waals surface area contributed by atoms with E-state index in [0.717, 1.165) is 17.7 Å². The number of piperidine rings is 1. The molecule has 3 amide bonds. The number of rotatable bonds is 5. The molecule has 0 aliphatic carbocycles. The van der Waals surface area contributed by atoms with Crippen molar-refractivity contribution in [1.82, 2.24) is 10.2 Å². The monoisotopic (exact) mass is 241 g/mol. The normalized spacial score (nSPS) is 20.6. The van der Waals surface area contributed by atoms with E-state index < -0.39 is 6.04 Å². The second-order valence-electron chi connectivity index (χ2n) is 4.20. The van der Waals surface area contributed by atoms with Gasteiger partial charge in [-0.15, -0.1) is 0 Å². The van der Waals surface area contributed by atoms with Crippen LogP contribution in [0.4, 0.5) is 0 Å². The van der Waals surface area contributed by atoms with E-state index in [1.165, 1.54) is 7.05 Å². The third-order valence-electron chi connectivity index (χ3n) is 2.84. The largest absolute Gasteiger partial charge is 0.344 e. The number of imide groups is 1. The lowest BCUT2D eigenvalue weighted by atomic mass is 10.0. The van der Waals surface area contributed by atoms with Gasteiger partial charge in [0.15, 0.2) is 0 Å². The van der Waals surface area contributed by atoms with Crippen molar-refractivity contribution in [2.24, 2.45) is 5.73 Å². The van der Waals surface area contributed by atoms with E-state index in [-0.39, 0.29) is 17.7 Å². The minimum atomic E-state index is -0.553. The van der Waals surface area contributed by atoms with E-state index in [4.69, 9.17) is 5.73 Å². The topological polar surface area (TPSA) is 92.5 Å². The standard InChI is InChI=1S/C11H19N3O3/c1-14-10(16)6-5-8(11(14)17)13-9(15)4-2-3-7-12/h8H,2-7,12H2,1H3,(H,13,15). The quantitative estimate of drug-likeness (QED) is 0.495. The van der Waals surface area contributed by atoms with Gasteiger partial charge in [0, 0.05) is 19.9 Å². The van der Waals surface area contributed by atoms with Crippen LogP contribution in [0.2, 0.25) is 0 Å². The zero-order valence-electron chi connectivity index (χ0n) is 10.1. The smallest absolute Gasteiger partial charge is 0.251 e. The SMILES string of the molecule is CN1C(=O)CCC(NC(=O)CCCCN)C1=O. The van der Waals surface area contributed by atoms with E-state index in [0.29, 0.717) is 25.8 Å². The summed E-state index contributed by atoms with van der Waals surface area (Å²) < 4.78 is 0. The van der Waals surface area contributed by atoms with Crippen LogP contribution >= 0.6 is 0 Å². The molecule has 3 N–H and O–H groups in total. The first-order valence-electron chi connectivity index (χ1n) is 5.86. The molecule has 96 valence electrons. The summed E-state index contributed by atoms with van der Waals surface area (Å²) in [6.45, 7) is 0.562. The highest BCUT2D eigenvalue weighted by atomic mass is 16.2. The molecule has 1 rings (SSSR count). The Morgan fingerprint density at radius 3 is 2.82 bits per heavy atom. The van der Waals surface area contributed by atoms with Gasteiger partial charge < -0.3 is 11.1 Å². The molecule has 1 aliphatic heterocycles. The Labute approximate surface area is 101 Å². The second-order valence-corrected chi connectivity index (χ2v) is 4.20. The van der Waals surface area contributed by atoms with Crippen LogP contribution in [0, 0.1) is 0 Å². The van der Waals surface area contributed by atoms with Crippen LogP contribution in [0.3, 0.4) is 0 Å². The average molecular weight is 241 g/mol. The molecular formula is C11H19N3O3. The number of nitrogens with two attached hydrogens (primary N) is 1. The van der Waals surface area contributed by atoms with E-state index in [2.05, 4.69) is 5.32 Å². The molecule has 0 saturated carbocycles. The maximum absolute atomic E-state index is 11.7. The van der Waals surface area contributed by atoms with Gasteiger partial charge in [0.25, 0.3) is 5.91 Å². The lowest BCUT2D eigenvalue weighted by Gasteiger charge is -2.28. The molecular weight excluding hydrogens is 222 g/mol.